The van der Waals surface area contributed by atoms with E-state index >= 15 is 0 Å². The molecule has 1 fully saturated rings. The number of amides is 1. The lowest BCUT2D eigenvalue weighted by Crippen LogP contribution is -2.50. The Balaban J connectivity index is 2.29. The summed E-state index contributed by atoms with van der Waals surface area (Å²) in [6, 6.07) is 1.63. The van der Waals surface area contributed by atoms with Gasteiger partial charge < -0.3 is 4.90 Å². The fourth-order valence-electron chi connectivity index (χ4n) is 1.63. The molecule has 0 saturated carbocycles. The number of rotatable bonds is 2. The Kier molecular flexibility index (Phi) is 3.82. The van der Waals surface area contributed by atoms with Crippen LogP contribution < -0.4 is 0 Å². The van der Waals surface area contributed by atoms with Crippen LogP contribution in [0.4, 0.5) is 0 Å². The van der Waals surface area contributed by atoms with E-state index in [9.17, 15) is 13.2 Å². The number of piperazine rings is 1. The fraction of sp³-hybridized carbons (Fsp3) is 0.500. The number of halogens is 1. The van der Waals surface area contributed by atoms with Crippen LogP contribution in [0.25, 0.3) is 0 Å². The van der Waals surface area contributed by atoms with Gasteiger partial charge in [0.25, 0.3) is 10.0 Å². The summed E-state index contributed by atoms with van der Waals surface area (Å²) in [6.45, 7) is 2.55. The normalized spacial score (nSPS) is 18.4. The fourth-order valence-corrected chi connectivity index (χ4v) is 5.39. The molecule has 1 aromatic heterocycles. The van der Waals surface area contributed by atoms with E-state index in [0.717, 1.165) is 9.35 Å². The quantitative estimate of drug-likeness (QED) is 0.805. The number of sulfonamides is 1. The van der Waals surface area contributed by atoms with Crippen molar-refractivity contribution in [3.05, 3.63) is 15.4 Å². The average molecular weight is 353 g/mol. The standard InChI is InChI=1S/C10H13BrN2O3S2/c1-7-5-9(17-10(7)11)18(15,16)13-4-3-12(2)8(14)6-13/h5H,3-4,6H2,1-2H3. The largest absolute Gasteiger partial charge is 0.343 e. The van der Waals surface area contributed by atoms with Crippen molar-refractivity contribution < 1.29 is 13.2 Å². The number of nitrogens with zero attached hydrogens (tertiary/aromatic N) is 2. The van der Waals surface area contributed by atoms with Crippen LogP contribution in [-0.2, 0) is 14.8 Å². The van der Waals surface area contributed by atoms with E-state index in [0.29, 0.717) is 13.1 Å². The topological polar surface area (TPSA) is 57.7 Å². The maximum atomic E-state index is 12.3. The monoisotopic (exact) mass is 352 g/mol. The minimum Gasteiger partial charge on any atom is -0.343 e. The Labute approximate surface area is 119 Å². The van der Waals surface area contributed by atoms with Gasteiger partial charge in [-0.3, -0.25) is 4.79 Å². The van der Waals surface area contributed by atoms with Crippen molar-refractivity contribution in [2.45, 2.75) is 11.1 Å². The maximum Gasteiger partial charge on any atom is 0.253 e. The summed E-state index contributed by atoms with van der Waals surface area (Å²) in [6.07, 6.45) is 0. The summed E-state index contributed by atoms with van der Waals surface area (Å²) in [5, 5.41) is 0. The van der Waals surface area contributed by atoms with Crippen LogP contribution in [0, 0.1) is 6.92 Å². The second-order valence-electron chi connectivity index (χ2n) is 4.18. The molecular weight excluding hydrogens is 340 g/mol. The van der Waals surface area contributed by atoms with E-state index in [1.165, 1.54) is 15.6 Å². The van der Waals surface area contributed by atoms with Gasteiger partial charge in [0.2, 0.25) is 5.91 Å². The molecule has 0 bridgehead atoms. The van der Waals surface area contributed by atoms with Crippen molar-refractivity contribution in [2.24, 2.45) is 0 Å². The third kappa shape index (κ3) is 2.47. The lowest BCUT2D eigenvalue weighted by molar-refractivity contribution is -0.132. The molecule has 1 saturated heterocycles. The summed E-state index contributed by atoms with van der Waals surface area (Å²) in [4.78, 5) is 13.1. The second-order valence-corrected chi connectivity index (χ2v) is 8.71. The molecule has 0 unspecified atom stereocenters. The maximum absolute atomic E-state index is 12.3. The molecule has 2 rings (SSSR count). The third-order valence-corrected chi connectivity index (χ3v) is 7.28. The van der Waals surface area contributed by atoms with Gasteiger partial charge in [0.1, 0.15) is 4.21 Å². The average Bonchev–Trinajstić information content (AvgIpc) is 2.64. The Morgan fingerprint density at radius 2 is 2.06 bits per heavy atom. The zero-order valence-corrected chi connectivity index (χ0v) is 13.2. The van der Waals surface area contributed by atoms with E-state index in [-0.39, 0.29) is 16.7 Å². The lowest BCUT2D eigenvalue weighted by Gasteiger charge is -2.30. The number of aryl methyl sites for hydroxylation is 1. The first-order chi connectivity index (χ1) is 8.32. The Morgan fingerprint density at radius 3 is 2.56 bits per heavy atom. The predicted molar refractivity (Wildman–Crippen MR) is 73.2 cm³/mol. The van der Waals surface area contributed by atoms with Crippen LogP contribution in [0.15, 0.2) is 14.1 Å². The number of hydrogen-bond donors (Lipinski definition) is 0. The molecule has 1 aromatic rings. The zero-order chi connectivity index (χ0) is 13.5. The van der Waals surface area contributed by atoms with E-state index in [2.05, 4.69) is 15.9 Å². The minimum atomic E-state index is -3.55. The van der Waals surface area contributed by atoms with Gasteiger partial charge in [-0.25, -0.2) is 8.42 Å². The number of hydrogen-bond acceptors (Lipinski definition) is 4. The molecule has 100 valence electrons. The molecule has 0 radical (unpaired) electrons. The first kappa shape index (κ1) is 14.0. The van der Waals surface area contributed by atoms with Gasteiger partial charge in [0.05, 0.1) is 10.3 Å². The molecule has 0 aromatic carbocycles. The van der Waals surface area contributed by atoms with Gasteiger partial charge in [0.15, 0.2) is 0 Å². The van der Waals surface area contributed by atoms with Gasteiger partial charge >= 0.3 is 0 Å². The van der Waals surface area contributed by atoms with Crippen molar-refractivity contribution >= 4 is 43.2 Å². The van der Waals surface area contributed by atoms with Crippen LogP contribution in [0.1, 0.15) is 5.56 Å². The molecule has 0 N–H and O–H groups in total. The van der Waals surface area contributed by atoms with E-state index in [4.69, 9.17) is 0 Å². The predicted octanol–water partition coefficient (Wildman–Crippen LogP) is 1.28. The minimum absolute atomic E-state index is 0.0760. The third-order valence-electron chi connectivity index (χ3n) is 2.85. The Morgan fingerprint density at radius 1 is 1.39 bits per heavy atom. The van der Waals surface area contributed by atoms with Crippen molar-refractivity contribution in [1.29, 1.82) is 0 Å². The van der Waals surface area contributed by atoms with Gasteiger partial charge in [-0.15, -0.1) is 11.3 Å². The van der Waals surface area contributed by atoms with Crippen molar-refractivity contribution in [3.8, 4) is 0 Å². The summed E-state index contributed by atoms with van der Waals surface area (Å²) in [5.41, 5.74) is 0.888. The van der Waals surface area contributed by atoms with E-state index in [1.54, 1.807) is 18.0 Å². The molecule has 5 nitrogen and oxygen atoms in total. The van der Waals surface area contributed by atoms with Gasteiger partial charge in [-0.1, -0.05) is 0 Å². The molecule has 0 spiro atoms. The molecule has 1 aliphatic heterocycles. The zero-order valence-electron chi connectivity index (χ0n) is 10.0. The van der Waals surface area contributed by atoms with E-state index in [1.807, 2.05) is 6.92 Å². The summed E-state index contributed by atoms with van der Waals surface area (Å²) < 4.78 is 27.0. The van der Waals surface area contributed by atoms with Crippen LogP contribution in [0.3, 0.4) is 0 Å². The lowest BCUT2D eigenvalue weighted by atomic mass is 10.4. The molecule has 8 heteroatoms. The highest BCUT2D eigenvalue weighted by Gasteiger charge is 2.32. The molecule has 18 heavy (non-hydrogen) atoms. The van der Waals surface area contributed by atoms with Crippen molar-refractivity contribution in [1.82, 2.24) is 9.21 Å². The molecular formula is C10H13BrN2O3S2. The molecule has 2 heterocycles. The van der Waals surface area contributed by atoms with Crippen LogP contribution >= 0.6 is 27.3 Å². The highest BCUT2D eigenvalue weighted by atomic mass is 79.9. The van der Waals surface area contributed by atoms with Crippen LogP contribution in [0.5, 0.6) is 0 Å². The smallest absolute Gasteiger partial charge is 0.253 e. The van der Waals surface area contributed by atoms with E-state index < -0.39 is 10.0 Å². The summed E-state index contributed by atoms with van der Waals surface area (Å²) in [5.74, 6) is -0.169. The highest BCUT2D eigenvalue weighted by Crippen LogP contribution is 2.32. The number of carbonyl (C=O) groups is 1. The Hall–Kier alpha value is -0.440. The number of likely N-dealkylation sites (N-methyl/N-ethyl adjacent to an activating group) is 1. The van der Waals surface area contributed by atoms with Gasteiger partial charge in [0, 0.05) is 20.1 Å². The first-order valence-corrected chi connectivity index (χ1v) is 8.37. The second kappa shape index (κ2) is 4.92. The van der Waals surface area contributed by atoms with Crippen molar-refractivity contribution in [2.75, 3.05) is 26.7 Å². The summed E-state index contributed by atoms with van der Waals surface area (Å²) in [7, 11) is -1.87. The summed E-state index contributed by atoms with van der Waals surface area (Å²) >= 11 is 4.49. The van der Waals surface area contributed by atoms with Gasteiger partial charge in [-0.2, -0.15) is 4.31 Å². The van der Waals surface area contributed by atoms with Gasteiger partial charge in [-0.05, 0) is 34.5 Å². The molecule has 1 amide bonds. The highest BCUT2D eigenvalue weighted by molar-refractivity contribution is 9.11. The van der Waals surface area contributed by atoms with Crippen molar-refractivity contribution in [3.63, 3.8) is 0 Å². The SMILES string of the molecule is Cc1cc(S(=O)(=O)N2CCN(C)C(=O)C2)sc1Br. The first-order valence-electron chi connectivity index (χ1n) is 5.32. The number of carbonyl (C=O) groups excluding carboxylic acids is 1. The molecule has 0 aliphatic carbocycles. The molecule has 0 atom stereocenters. The van der Waals surface area contributed by atoms with Crippen LogP contribution in [0.2, 0.25) is 0 Å². The van der Waals surface area contributed by atoms with Crippen LogP contribution in [-0.4, -0.2) is 50.2 Å². The molecule has 1 aliphatic rings. The Bertz CT molecular complexity index is 562. The number of thiophene rings is 1.